The maximum atomic E-state index is 12.4. The Morgan fingerprint density at radius 1 is 0.867 bits per heavy atom. The maximum Gasteiger partial charge on any atom is 0.337 e. The van der Waals surface area contributed by atoms with Gasteiger partial charge in [0.2, 0.25) is 0 Å². The molecule has 2 heterocycles. The van der Waals surface area contributed by atoms with Gasteiger partial charge in [-0.05, 0) is 43.3 Å². The van der Waals surface area contributed by atoms with Crippen molar-refractivity contribution >= 4 is 28.5 Å². The number of amides is 3. The summed E-state index contributed by atoms with van der Waals surface area (Å²) in [6.07, 6.45) is 1.76. The second-order valence-electron chi connectivity index (χ2n) is 6.65. The van der Waals surface area contributed by atoms with Crippen LogP contribution in [0.4, 0.5) is 10.5 Å². The van der Waals surface area contributed by atoms with Gasteiger partial charge in [-0.25, -0.2) is 10.2 Å². The van der Waals surface area contributed by atoms with E-state index >= 15 is 0 Å². The lowest BCUT2D eigenvalue weighted by atomic mass is 10.1. The minimum absolute atomic E-state index is 0.368. The van der Waals surface area contributed by atoms with Crippen molar-refractivity contribution in [3.63, 3.8) is 0 Å². The molecule has 0 aliphatic carbocycles. The van der Waals surface area contributed by atoms with Gasteiger partial charge in [-0.15, -0.1) is 0 Å². The molecule has 148 valence electrons. The average Bonchev–Trinajstić information content (AvgIpc) is 2.77. The molecule has 3 N–H and O–H groups in total. The Morgan fingerprint density at radius 3 is 2.43 bits per heavy atom. The number of para-hydroxylation sites is 2. The molecule has 0 aliphatic rings. The molecule has 3 amide bonds. The third-order valence-corrected chi connectivity index (χ3v) is 4.54. The van der Waals surface area contributed by atoms with Crippen LogP contribution in [0.2, 0.25) is 0 Å². The summed E-state index contributed by atoms with van der Waals surface area (Å²) in [6.45, 7) is 1.75. The number of nitrogens with zero attached hydrogens (tertiary/aromatic N) is 2. The summed E-state index contributed by atoms with van der Waals surface area (Å²) in [7, 11) is 0. The van der Waals surface area contributed by atoms with Crippen molar-refractivity contribution in [1.82, 2.24) is 20.8 Å². The van der Waals surface area contributed by atoms with Crippen LogP contribution in [0, 0.1) is 6.92 Å². The number of fused-ring (bicyclic) bond motifs is 1. The van der Waals surface area contributed by atoms with E-state index in [0.29, 0.717) is 16.9 Å². The monoisotopic (exact) mass is 397 g/mol. The number of urea groups is 1. The number of anilines is 1. The van der Waals surface area contributed by atoms with Gasteiger partial charge in [0.05, 0.1) is 22.5 Å². The zero-order valence-electron chi connectivity index (χ0n) is 16.2. The molecular formula is C23H19N5O2. The van der Waals surface area contributed by atoms with Crippen molar-refractivity contribution in [2.24, 2.45) is 0 Å². The van der Waals surface area contributed by atoms with Crippen molar-refractivity contribution in [2.75, 3.05) is 5.32 Å². The van der Waals surface area contributed by atoms with Gasteiger partial charge in [0.1, 0.15) is 0 Å². The number of hydrazine groups is 1. The van der Waals surface area contributed by atoms with Gasteiger partial charge in [0, 0.05) is 22.8 Å². The van der Waals surface area contributed by atoms with Crippen molar-refractivity contribution in [1.29, 1.82) is 0 Å². The third-order valence-electron chi connectivity index (χ3n) is 4.54. The Balaban J connectivity index is 1.44. The highest BCUT2D eigenvalue weighted by atomic mass is 16.2. The number of carbonyl (C=O) groups is 2. The largest absolute Gasteiger partial charge is 0.337 e. The predicted octanol–water partition coefficient (Wildman–Crippen LogP) is 4.07. The summed E-state index contributed by atoms with van der Waals surface area (Å²) in [5, 5.41) is 3.64. The minimum Gasteiger partial charge on any atom is -0.307 e. The van der Waals surface area contributed by atoms with Crippen LogP contribution in [0.3, 0.4) is 0 Å². The summed E-state index contributed by atoms with van der Waals surface area (Å²) >= 11 is 0. The van der Waals surface area contributed by atoms with E-state index in [1.165, 1.54) is 0 Å². The van der Waals surface area contributed by atoms with Gasteiger partial charge >= 0.3 is 6.03 Å². The van der Waals surface area contributed by atoms with Gasteiger partial charge in [0.25, 0.3) is 5.91 Å². The van der Waals surface area contributed by atoms with Crippen molar-refractivity contribution in [2.45, 2.75) is 6.92 Å². The summed E-state index contributed by atoms with van der Waals surface area (Å²) in [5.41, 5.74) is 8.75. The standard InChI is InChI=1S/C23H19N5O2/c1-15-19(22(29)27-28-23(30)26-18-8-3-2-4-9-18)11-12-21(25-15)17-13-16-7-5-6-10-20(16)24-14-17/h2-14H,1H3,(H,27,29)(H2,26,28,30). The summed E-state index contributed by atoms with van der Waals surface area (Å²) in [6, 6.07) is 21.7. The zero-order valence-corrected chi connectivity index (χ0v) is 16.2. The second kappa shape index (κ2) is 8.40. The Kier molecular flexibility index (Phi) is 5.34. The molecule has 2 aromatic carbocycles. The molecule has 0 bridgehead atoms. The molecule has 0 unspecified atom stereocenters. The number of aromatic nitrogens is 2. The third kappa shape index (κ3) is 4.25. The Bertz CT molecular complexity index is 1220. The van der Waals surface area contributed by atoms with Gasteiger partial charge in [-0.2, -0.15) is 0 Å². The van der Waals surface area contributed by atoms with Crippen LogP contribution in [0.15, 0.2) is 79.0 Å². The fourth-order valence-electron chi connectivity index (χ4n) is 3.04. The van der Waals surface area contributed by atoms with Crippen LogP contribution >= 0.6 is 0 Å². The quantitative estimate of drug-likeness (QED) is 0.454. The molecule has 0 fully saturated rings. The SMILES string of the molecule is Cc1nc(-c2cnc3ccccc3c2)ccc1C(=O)NNC(=O)Nc1ccccc1. The molecule has 30 heavy (non-hydrogen) atoms. The Morgan fingerprint density at radius 2 is 1.63 bits per heavy atom. The van der Waals surface area contributed by atoms with Gasteiger partial charge in [-0.1, -0.05) is 36.4 Å². The normalized spacial score (nSPS) is 10.4. The summed E-state index contributed by atoms with van der Waals surface area (Å²) < 4.78 is 0. The highest BCUT2D eigenvalue weighted by molar-refractivity contribution is 5.98. The van der Waals surface area contributed by atoms with Gasteiger partial charge in [0.15, 0.2) is 0 Å². The molecule has 0 saturated carbocycles. The lowest BCUT2D eigenvalue weighted by Gasteiger charge is -2.11. The highest BCUT2D eigenvalue weighted by Crippen LogP contribution is 2.22. The fraction of sp³-hybridized carbons (Fsp3) is 0.0435. The predicted molar refractivity (Wildman–Crippen MR) is 116 cm³/mol. The van der Waals surface area contributed by atoms with Crippen LogP contribution in [-0.4, -0.2) is 21.9 Å². The first-order valence-corrected chi connectivity index (χ1v) is 9.35. The van der Waals surface area contributed by atoms with Crippen LogP contribution in [0.25, 0.3) is 22.2 Å². The number of hydrogen-bond donors (Lipinski definition) is 3. The van der Waals surface area contributed by atoms with E-state index in [2.05, 4.69) is 26.1 Å². The lowest BCUT2D eigenvalue weighted by molar-refractivity contribution is 0.0937. The first-order valence-electron chi connectivity index (χ1n) is 9.35. The van der Waals surface area contributed by atoms with E-state index in [-0.39, 0.29) is 0 Å². The molecule has 0 aliphatic heterocycles. The molecule has 2 aromatic heterocycles. The highest BCUT2D eigenvalue weighted by Gasteiger charge is 2.13. The van der Waals surface area contributed by atoms with E-state index < -0.39 is 11.9 Å². The van der Waals surface area contributed by atoms with Crippen LogP contribution in [-0.2, 0) is 0 Å². The summed E-state index contributed by atoms with van der Waals surface area (Å²) in [5.74, 6) is -0.452. The molecule has 0 radical (unpaired) electrons. The number of pyridine rings is 2. The van der Waals surface area contributed by atoms with Crippen molar-refractivity contribution in [3.05, 3.63) is 90.3 Å². The number of benzene rings is 2. The van der Waals surface area contributed by atoms with Crippen LogP contribution < -0.4 is 16.2 Å². The molecule has 4 rings (SSSR count). The Labute approximate surface area is 173 Å². The average molecular weight is 397 g/mol. The second-order valence-corrected chi connectivity index (χ2v) is 6.65. The van der Waals surface area contributed by atoms with Gasteiger partial charge in [-0.3, -0.25) is 20.2 Å². The fourth-order valence-corrected chi connectivity index (χ4v) is 3.04. The van der Waals surface area contributed by atoms with E-state index in [0.717, 1.165) is 22.2 Å². The van der Waals surface area contributed by atoms with Crippen molar-refractivity contribution in [3.8, 4) is 11.3 Å². The number of rotatable bonds is 3. The number of carbonyl (C=O) groups excluding carboxylic acids is 2. The maximum absolute atomic E-state index is 12.4. The first kappa shape index (κ1) is 19.1. The van der Waals surface area contributed by atoms with Crippen LogP contribution in [0.5, 0.6) is 0 Å². The molecule has 0 atom stereocenters. The van der Waals surface area contributed by atoms with Gasteiger partial charge < -0.3 is 5.32 Å². The first-order chi connectivity index (χ1) is 14.6. The zero-order chi connectivity index (χ0) is 20.9. The number of hydrogen-bond acceptors (Lipinski definition) is 4. The molecule has 7 heteroatoms. The lowest BCUT2D eigenvalue weighted by Crippen LogP contribution is -2.44. The Hall–Kier alpha value is -4.26. The molecular weight excluding hydrogens is 378 g/mol. The topological polar surface area (TPSA) is 96.0 Å². The van der Waals surface area contributed by atoms with Crippen molar-refractivity contribution < 1.29 is 9.59 Å². The molecule has 4 aromatic rings. The molecule has 0 saturated heterocycles. The van der Waals surface area contributed by atoms with E-state index in [4.69, 9.17) is 0 Å². The van der Waals surface area contributed by atoms with Crippen LogP contribution in [0.1, 0.15) is 16.1 Å². The van der Waals surface area contributed by atoms with E-state index in [1.54, 1.807) is 49.5 Å². The molecule has 7 nitrogen and oxygen atoms in total. The smallest absolute Gasteiger partial charge is 0.307 e. The van der Waals surface area contributed by atoms with E-state index in [9.17, 15) is 9.59 Å². The number of aryl methyl sites for hydroxylation is 1. The minimum atomic E-state index is -0.543. The number of nitrogens with one attached hydrogen (secondary N) is 3. The van der Waals surface area contributed by atoms with E-state index in [1.807, 2.05) is 36.4 Å². The summed E-state index contributed by atoms with van der Waals surface area (Å²) in [4.78, 5) is 33.4. The molecule has 0 spiro atoms.